The van der Waals surface area contributed by atoms with Crippen molar-refractivity contribution in [3.8, 4) is 22.6 Å². The second-order valence-corrected chi connectivity index (χ2v) is 5.65. The monoisotopic (exact) mass is 334 g/mol. The van der Waals surface area contributed by atoms with Gasteiger partial charge in [-0.3, -0.25) is 0 Å². The first kappa shape index (κ1) is 18.2. The molecule has 0 unspecified atom stereocenters. The number of hydrogen-bond acceptors (Lipinski definition) is 4. The molecule has 0 aliphatic heterocycles. The van der Waals surface area contributed by atoms with E-state index in [1.165, 1.54) is 12.1 Å². The number of aliphatic hydroxyl groups is 1. The molecular weight excluding hydrogens is 311 g/mol. The Kier molecular flexibility index (Phi) is 6.17. The van der Waals surface area contributed by atoms with Crippen LogP contribution in [0.1, 0.15) is 23.6 Å². The zero-order chi connectivity index (χ0) is 17.7. The van der Waals surface area contributed by atoms with Crippen LogP contribution in [0.5, 0.6) is 11.5 Å². The van der Waals surface area contributed by atoms with Crippen molar-refractivity contribution in [3.05, 3.63) is 46.8 Å². The topological polar surface area (TPSA) is 69.9 Å². The average Bonchev–Trinajstić information content (AvgIpc) is 2.54. The number of aliphatic hydroxyl groups excluding tert-OH is 1. The summed E-state index contributed by atoms with van der Waals surface area (Å²) in [7, 11) is 0. The first-order valence-electron chi connectivity index (χ1n) is 8.01. The van der Waals surface area contributed by atoms with Crippen LogP contribution in [-0.2, 0) is 17.6 Å². The highest BCUT2D eigenvalue weighted by molar-refractivity contribution is 5.77. The van der Waals surface area contributed by atoms with E-state index < -0.39 is 0 Å². The number of phenolic OH excluding ortho intramolecular Hbond substituents is 2. The smallest absolute Gasteiger partial charge is 0.127 e. The average molecular weight is 334 g/mol. The summed E-state index contributed by atoms with van der Waals surface area (Å²) in [5, 5.41) is 29.3. The Morgan fingerprint density at radius 3 is 2.42 bits per heavy atom. The predicted octanol–water partition coefficient (Wildman–Crippen LogP) is 3.33. The van der Waals surface area contributed by atoms with Crippen molar-refractivity contribution in [2.75, 3.05) is 19.8 Å². The molecule has 0 aromatic heterocycles. The maximum absolute atomic E-state index is 13.6. The van der Waals surface area contributed by atoms with Crippen molar-refractivity contribution in [2.24, 2.45) is 0 Å². The van der Waals surface area contributed by atoms with Gasteiger partial charge in [0.25, 0.3) is 0 Å². The van der Waals surface area contributed by atoms with Crippen LogP contribution in [0, 0.1) is 12.7 Å². The molecule has 0 saturated carbocycles. The Bertz CT molecular complexity index is 713. The molecule has 5 heteroatoms. The Labute approximate surface area is 141 Å². The lowest BCUT2D eigenvalue weighted by atomic mass is 9.90. The van der Waals surface area contributed by atoms with Gasteiger partial charge < -0.3 is 20.1 Å². The highest BCUT2D eigenvalue weighted by Crippen LogP contribution is 2.40. The minimum Gasteiger partial charge on any atom is -0.508 e. The molecule has 3 N–H and O–H groups in total. The molecule has 0 heterocycles. The number of benzene rings is 2. The van der Waals surface area contributed by atoms with Crippen molar-refractivity contribution in [3.63, 3.8) is 0 Å². The van der Waals surface area contributed by atoms with Crippen LogP contribution in [0.15, 0.2) is 24.3 Å². The number of phenols is 2. The summed E-state index contributed by atoms with van der Waals surface area (Å²) >= 11 is 0. The minimum absolute atomic E-state index is 0.0368. The Balaban J connectivity index is 2.53. The van der Waals surface area contributed by atoms with Crippen LogP contribution >= 0.6 is 0 Å². The lowest BCUT2D eigenvalue weighted by Gasteiger charge is -2.18. The van der Waals surface area contributed by atoms with Crippen LogP contribution in [0.3, 0.4) is 0 Å². The van der Waals surface area contributed by atoms with Gasteiger partial charge >= 0.3 is 0 Å². The van der Waals surface area contributed by atoms with Crippen molar-refractivity contribution >= 4 is 0 Å². The molecule has 0 fully saturated rings. The third-order valence-electron chi connectivity index (χ3n) is 4.04. The predicted molar refractivity (Wildman–Crippen MR) is 90.9 cm³/mol. The fourth-order valence-electron chi connectivity index (χ4n) is 2.88. The third kappa shape index (κ3) is 3.86. The fourth-order valence-corrected chi connectivity index (χ4v) is 2.88. The number of aromatic hydroxyl groups is 2. The molecule has 0 aliphatic carbocycles. The van der Waals surface area contributed by atoms with Gasteiger partial charge in [0.2, 0.25) is 0 Å². The second-order valence-electron chi connectivity index (χ2n) is 5.65. The summed E-state index contributed by atoms with van der Waals surface area (Å²) in [5.74, 6) is -0.317. The standard InChI is InChI=1S/C19H23FO4/c1-3-14-15(6-8-24-9-7-21)19(18(23)11-17(14)22)13-4-5-16(20)12(2)10-13/h4-5,10-11,21-23H,3,6-9H2,1-2H3. The number of aryl methyl sites for hydroxylation is 1. The van der Waals surface area contributed by atoms with Gasteiger partial charge in [-0.1, -0.05) is 13.0 Å². The first-order valence-corrected chi connectivity index (χ1v) is 8.01. The first-order chi connectivity index (χ1) is 11.5. The van der Waals surface area contributed by atoms with Gasteiger partial charge in [-0.25, -0.2) is 4.39 Å². The molecule has 0 spiro atoms. The van der Waals surface area contributed by atoms with E-state index >= 15 is 0 Å². The quantitative estimate of drug-likeness (QED) is 0.679. The summed E-state index contributed by atoms with van der Waals surface area (Å²) in [5.41, 5.74) is 3.27. The van der Waals surface area contributed by atoms with E-state index in [2.05, 4.69) is 0 Å². The van der Waals surface area contributed by atoms with Gasteiger partial charge in [-0.15, -0.1) is 0 Å². The molecule has 24 heavy (non-hydrogen) atoms. The molecule has 2 aromatic rings. The zero-order valence-electron chi connectivity index (χ0n) is 14.0. The lowest BCUT2D eigenvalue weighted by Crippen LogP contribution is -2.07. The molecule has 0 radical (unpaired) electrons. The molecule has 0 saturated heterocycles. The number of rotatable bonds is 7. The van der Waals surface area contributed by atoms with Gasteiger partial charge in [-0.05, 0) is 54.2 Å². The van der Waals surface area contributed by atoms with Crippen LogP contribution < -0.4 is 0 Å². The molecule has 2 aromatic carbocycles. The van der Waals surface area contributed by atoms with Crippen molar-refractivity contribution in [1.29, 1.82) is 0 Å². The van der Waals surface area contributed by atoms with Gasteiger partial charge in [0.1, 0.15) is 17.3 Å². The van der Waals surface area contributed by atoms with Gasteiger partial charge in [-0.2, -0.15) is 0 Å². The Hall–Kier alpha value is -2.11. The molecule has 130 valence electrons. The maximum atomic E-state index is 13.6. The molecular formula is C19H23FO4. The normalized spacial score (nSPS) is 11.0. The summed E-state index contributed by atoms with van der Waals surface area (Å²) in [6.45, 7) is 4.11. The van der Waals surface area contributed by atoms with Crippen molar-refractivity contribution in [2.45, 2.75) is 26.7 Å². The van der Waals surface area contributed by atoms with E-state index in [0.29, 0.717) is 36.1 Å². The van der Waals surface area contributed by atoms with Gasteiger partial charge in [0.05, 0.1) is 19.8 Å². The van der Waals surface area contributed by atoms with Crippen molar-refractivity contribution < 1.29 is 24.4 Å². The molecule has 0 bridgehead atoms. The molecule has 4 nitrogen and oxygen atoms in total. The Morgan fingerprint density at radius 1 is 1.04 bits per heavy atom. The van der Waals surface area contributed by atoms with E-state index in [1.807, 2.05) is 6.92 Å². The highest BCUT2D eigenvalue weighted by Gasteiger charge is 2.18. The summed E-state index contributed by atoms with van der Waals surface area (Å²) in [4.78, 5) is 0. The van der Waals surface area contributed by atoms with E-state index in [-0.39, 0.29) is 30.5 Å². The summed E-state index contributed by atoms with van der Waals surface area (Å²) in [6.07, 6.45) is 1.06. The SMILES string of the molecule is CCc1c(O)cc(O)c(-c2ccc(F)c(C)c2)c1CCOCCO. The second kappa shape index (κ2) is 8.13. The maximum Gasteiger partial charge on any atom is 0.127 e. The number of hydrogen-bond donors (Lipinski definition) is 3. The molecule has 0 aliphatic rings. The van der Waals surface area contributed by atoms with E-state index in [4.69, 9.17) is 9.84 Å². The molecule has 0 amide bonds. The number of halogens is 1. The number of ether oxygens (including phenoxy) is 1. The third-order valence-corrected chi connectivity index (χ3v) is 4.04. The lowest BCUT2D eigenvalue weighted by molar-refractivity contribution is 0.0943. The van der Waals surface area contributed by atoms with Crippen LogP contribution in [0.25, 0.3) is 11.1 Å². The van der Waals surface area contributed by atoms with Crippen LogP contribution in [-0.4, -0.2) is 35.1 Å². The van der Waals surface area contributed by atoms with Gasteiger partial charge in [0, 0.05) is 11.6 Å². The largest absolute Gasteiger partial charge is 0.508 e. The van der Waals surface area contributed by atoms with Crippen LogP contribution in [0.2, 0.25) is 0 Å². The Morgan fingerprint density at radius 2 is 1.79 bits per heavy atom. The van der Waals surface area contributed by atoms with Crippen molar-refractivity contribution in [1.82, 2.24) is 0 Å². The van der Waals surface area contributed by atoms with E-state index in [0.717, 1.165) is 11.1 Å². The fraction of sp³-hybridized carbons (Fsp3) is 0.368. The summed E-state index contributed by atoms with van der Waals surface area (Å²) < 4.78 is 18.9. The minimum atomic E-state index is -0.305. The summed E-state index contributed by atoms with van der Waals surface area (Å²) in [6, 6.07) is 5.99. The van der Waals surface area contributed by atoms with Gasteiger partial charge in [0.15, 0.2) is 0 Å². The van der Waals surface area contributed by atoms with E-state index in [9.17, 15) is 14.6 Å². The zero-order valence-corrected chi connectivity index (χ0v) is 14.0. The highest BCUT2D eigenvalue weighted by atomic mass is 19.1. The molecule has 0 atom stereocenters. The van der Waals surface area contributed by atoms with Crippen LogP contribution in [0.4, 0.5) is 4.39 Å². The molecule has 2 rings (SSSR count). The van der Waals surface area contributed by atoms with E-state index in [1.54, 1.807) is 19.1 Å².